The Labute approximate surface area is 183 Å². The van der Waals surface area contributed by atoms with E-state index in [2.05, 4.69) is 29.7 Å². The van der Waals surface area contributed by atoms with Crippen LogP contribution in [0.15, 0.2) is 66.7 Å². The second-order valence-electron chi connectivity index (χ2n) is 8.24. The van der Waals surface area contributed by atoms with E-state index in [0.29, 0.717) is 12.1 Å². The zero-order chi connectivity index (χ0) is 22.0. The Kier molecular flexibility index (Phi) is 5.76. The molecule has 1 aliphatic heterocycles. The van der Waals surface area contributed by atoms with E-state index in [-0.39, 0.29) is 18.0 Å². The van der Waals surface area contributed by atoms with Crippen molar-refractivity contribution in [2.24, 2.45) is 0 Å². The van der Waals surface area contributed by atoms with Gasteiger partial charge in [-0.25, -0.2) is 4.79 Å². The molecule has 0 aromatic heterocycles. The van der Waals surface area contributed by atoms with Gasteiger partial charge in [0, 0.05) is 29.5 Å². The largest absolute Gasteiger partial charge is 0.334 e. The van der Waals surface area contributed by atoms with E-state index in [1.165, 1.54) is 0 Å². The summed E-state index contributed by atoms with van der Waals surface area (Å²) in [6, 6.07) is 21.2. The molecule has 3 amide bonds. The van der Waals surface area contributed by atoms with Crippen molar-refractivity contribution in [1.29, 1.82) is 0 Å². The van der Waals surface area contributed by atoms with E-state index < -0.39 is 0 Å². The molecule has 0 bridgehead atoms. The molecule has 1 aliphatic rings. The van der Waals surface area contributed by atoms with Crippen LogP contribution >= 0.6 is 0 Å². The first-order valence-corrected chi connectivity index (χ1v) is 10.5. The first-order chi connectivity index (χ1) is 14.9. The first-order valence-electron chi connectivity index (χ1n) is 10.5. The number of nitrogens with zero attached hydrogens (tertiary/aromatic N) is 1. The molecule has 0 radical (unpaired) electrons. The highest BCUT2D eigenvalue weighted by atomic mass is 16.2. The molecule has 0 fully saturated rings. The van der Waals surface area contributed by atoms with Crippen LogP contribution in [0.25, 0.3) is 0 Å². The lowest BCUT2D eigenvalue weighted by Crippen LogP contribution is -2.35. The molecule has 4 rings (SSSR count). The highest BCUT2D eigenvalue weighted by Gasteiger charge is 2.31. The minimum atomic E-state index is -0.254. The number of aryl methyl sites for hydroxylation is 2. The van der Waals surface area contributed by atoms with E-state index in [1.807, 2.05) is 73.3 Å². The Bertz CT molecular complexity index is 1100. The van der Waals surface area contributed by atoms with Crippen molar-refractivity contribution >= 4 is 23.3 Å². The second-order valence-corrected chi connectivity index (χ2v) is 8.24. The van der Waals surface area contributed by atoms with Gasteiger partial charge in [-0.05, 0) is 79.8 Å². The molecule has 0 aliphatic carbocycles. The van der Waals surface area contributed by atoms with Crippen molar-refractivity contribution in [1.82, 2.24) is 5.32 Å². The number of carbonyl (C=O) groups is 2. The summed E-state index contributed by atoms with van der Waals surface area (Å²) in [5.41, 5.74) is 6.69. The normalized spacial score (nSPS) is 14.8. The minimum Gasteiger partial charge on any atom is -0.334 e. The molecular weight excluding hydrogens is 386 g/mol. The smallest absolute Gasteiger partial charge is 0.319 e. The fourth-order valence-electron chi connectivity index (χ4n) is 4.20. The maximum absolute atomic E-state index is 13.1. The average Bonchev–Trinajstić information content (AvgIpc) is 3.06. The van der Waals surface area contributed by atoms with Crippen molar-refractivity contribution in [2.75, 3.05) is 10.2 Å². The second kappa shape index (κ2) is 8.64. The number of carbonyl (C=O) groups excluding carboxylic acids is 2. The van der Waals surface area contributed by atoms with Crippen LogP contribution in [0, 0.1) is 13.8 Å². The Morgan fingerprint density at radius 2 is 1.68 bits per heavy atom. The summed E-state index contributed by atoms with van der Waals surface area (Å²) in [5, 5.41) is 5.80. The van der Waals surface area contributed by atoms with Crippen molar-refractivity contribution in [2.45, 2.75) is 39.8 Å². The highest BCUT2D eigenvalue weighted by Crippen LogP contribution is 2.34. The zero-order valence-corrected chi connectivity index (χ0v) is 18.1. The predicted octanol–water partition coefficient (Wildman–Crippen LogP) is 5.22. The van der Waals surface area contributed by atoms with Gasteiger partial charge in [-0.2, -0.15) is 0 Å². The fraction of sp³-hybridized carbons (Fsp3) is 0.231. The SMILES string of the molecule is Cc1cc(C)cc(NC(=O)NCc2ccc3c(c2)N(C(=O)c2ccccc2)[C@H](C)C3)c1. The topological polar surface area (TPSA) is 61.4 Å². The lowest BCUT2D eigenvalue weighted by Gasteiger charge is -2.23. The van der Waals surface area contributed by atoms with Gasteiger partial charge in [0.25, 0.3) is 5.91 Å². The Morgan fingerprint density at radius 3 is 2.39 bits per heavy atom. The fourth-order valence-corrected chi connectivity index (χ4v) is 4.20. The molecule has 1 heterocycles. The van der Waals surface area contributed by atoms with E-state index >= 15 is 0 Å². The van der Waals surface area contributed by atoms with Crippen LogP contribution in [-0.2, 0) is 13.0 Å². The molecule has 5 heteroatoms. The molecule has 0 spiro atoms. The molecule has 0 unspecified atom stereocenters. The number of urea groups is 1. The maximum atomic E-state index is 13.1. The summed E-state index contributed by atoms with van der Waals surface area (Å²) >= 11 is 0. The summed E-state index contributed by atoms with van der Waals surface area (Å²) in [7, 11) is 0. The summed E-state index contributed by atoms with van der Waals surface area (Å²) in [6.07, 6.45) is 0.828. The number of nitrogens with one attached hydrogen (secondary N) is 2. The van der Waals surface area contributed by atoms with Crippen LogP contribution in [0.1, 0.15) is 39.5 Å². The number of hydrogen-bond donors (Lipinski definition) is 2. The number of anilines is 2. The van der Waals surface area contributed by atoms with Gasteiger partial charge in [-0.3, -0.25) is 4.79 Å². The quantitative estimate of drug-likeness (QED) is 0.616. The third-order valence-corrected chi connectivity index (χ3v) is 5.54. The van der Waals surface area contributed by atoms with Crippen molar-refractivity contribution in [3.63, 3.8) is 0 Å². The molecule has 158 valence electrons. The van der Waals surface area contributed by atoms with Gasteiger partial charge < -0.3 is 15.5 Å². The van der Waals surface area contributed by atoms with Gasteiger partial charge in [0.15, 0.2) is 0 Å². The van der Waals surface area contributed by atoms with Crippen LogP contribution in [0.2, 0.25) is 0 Å². The summed E-state index contributed by atoms with van der Waals surface area (Å²) in [5.74, 6) is 0.00418. The zero-order valence-electron chi connectivity index (χ0n) is 18.1. The van der Waals surface area contributed by atoms with Gasteiger partial charge in [0.1, 0.15) is 0 Å². The lowest BCUT2D eigenvalue weighted by molar-refractivity contribution is 0.0981. The number of benzene rings is 3. The van der Waals surface area contributed by atoms with Crippen LogP contribution in [0.4, 0.5) is 16.2 Å². The Hall–Kier alpha value is -3.60. The average molecular weight is 414 g/mol. The standard InChI is InChI=1S/C26H27N3O2/c1-17-11-18(2)13-23(12-17)28-26(31)27-16-20-9-10-22-14-19(3)29(24(22)15-20)25(30)21-7-5-4-6-8-21/h4-13,15,19H,14,16H2,1-3H3,(H2,27,28,31)/t19-/m1/s1. The summed E-state index contributed by atoms with van der Waals surface area (Å²) in [6.45, 7) is 6.45. The van der Waals surface area contributed by atoms with E-state index in [9.17, 15) is 9.59 Å². The van der Waals surface area contributed by atoms with E-state index in [0.717, 1.165) is 40.0 Å². The van der Waals surface area contributed by atoms with Gasteiger partial charge >= 0.3 is 6.03 Å². The summed E-state index contributed by atoms with van der Waals surface area (Å²) < 4.78 is 0. The Balaban J connectivity index is 1.46. The van der Waals surface area contributed by atoms with Gasteiger partial charge in [-0.1, -0.05) is 36.4 Å². The van der Waals surface area contributed by atoms with Gasteiger partial charge in [0.2, 0.25) is 0 Å². The maximum Gasteiger partial charge on any atom is 0.319 e. The molecule has 3 aromatic rings. The summed E-state index contributed by atoms with van der Waals surface area (Å²) in [4.78, 5) is 27.3. The predicted molar refractivity (Wildman–Crippen MR) is 125 cm³/mol. The Morgan fingerprint density at radius 1 is 0.968 bits per heavy atom. The highest BCUT2D eigenvalue weighted by molar-refractivity contribution is 6.07. The molecule has 5 nitrogen and oxygen atoms in total. The monoisotopic (exact) mass is 413 g/mol. The first kappa shape index (κ1) is 20.7. The number of fused-ring (bicyclic) bond motifs is 1. The molecule has 3 aromatic carbocycles. The van der Waals surface area contributed by atoms with Gasteiger partial charge in [0.05, 0.1) is 0 Å². The minimum absolute atomic E-state index is 0.00418. The van der Waals surface area contributed by atoms with Crippen molar-refractivity contribution in [3.05, 3.63) is 94.5 Å². The third-order valence-electron chi connectivity index (χ3n) is 5.54. The van der Waals surface area contributed by atoms with Crippen LogP contribution in [0.3, 0.4) is 0 Å². The molecule has 31 heavy (non-hydrogen) atoms. The number of hydrogen-bond acceptors (Lipinski definition) is 2. The van der Waals surface area contributed by atoms with E-state index in [4.69, 9.17) is 0 Å². The van der Waals surface area contributed by atoms with Crippen LogP contribution in [-0.4, -0.2) is 18.0 Å². The molecular formula is C26H27N3O2. The number of rotatable bonds is 4. The van der Waals surface area contributed by atoms with Crippen molar-refractivity contribution < 1.29 is 9.59 Å². The third kappa shape index (κ3) is 4.61. The molecule has 2 N–H and O–H groups in total. The molecule has 0 saturated carbocycles. The lowest BCUT2D eigenvalue weighted by atomic mass is 10.1. The van der Waals surface area contributed by atoms with Gasteiger partial charge in [-0.15, -0.1) is 0 Å². The van der Waals surface area contributed by atoms with Crippen molar-refractivity contribution in [3.8, 4) is 0 Å². The molecule has 0 saturated heterocycles. The van der Waals surface area contributed by atoms with Crippen LogP contribution in [0.5, 0.6) is 0 Å². The molecule has 1 atom stereocenters. The van der Waals surface area contributed by atoms with E-state index in [1.54, 1.807) is 0 Å². The number of amides is 3. The van der Waals surface area contributed by atoms with Crippen LogP contribution < -0.4 is 15.5 Å².